The van der Waals surface area contributed by atoms with Gasteiger partial charge < -0.3 is 30.0 Å². The maximum atomic E-state index is 15.2. The van der Waals surface area contributed by atoms with E-state index < -0.39 is 30.0 Å². The molecular formula is C24H31Cl2FN6O5S. The number of aromatic amines is 1. The van der Waals surface area contributed by atoms with Gasteiger partial charge in [-0.2, -0.15) is 0 Å². The van der Waals surface area contributed by atoms with Gasteiger partial charge in [-0.15, -0.1) is 0 Å². The lowest BCUT2D eigenvalue weighted by molar-refractivity contribution is 0.0382. The summed E-state index contributed by atoms with van der Waals surface area (Å²) in [7, 11) is 0. The van der Waals surface area contributed by atoms with Gasteiger partial charge in [-0.3, -0.25) is 14.5 Å². The summed E-state index contributed by atoms with van der Waals surface area (Å²) in [5.41, 5.74) is 0.573. The number of aromatic nitrogens is 2. The number of alkyl halides is 1. The standard InChI is InChI=1S/C24H31Cl2FN6O5S/c1-3-38-23(36)19-18(21(34)28-5-7-32-8-10-37-11-9-32)31-24(39-19)33-6-4-15(14(27)12-33)29-22(35)17-16(25)13(2)20(26)30-17/h14-15,30H,3-12H2,1-2H3,(H,28,34)(H,29,35)/t14-,15+/m0/s1. The Kier molecular flexibility index (Phi) is 10.0. The van der Waals surface area contributed by atoms with E-state index >= 15 is 4.39 Å². The van der Waals surface area contributed by atoms with Crippen molar-refractivity contribution in [3.8, 4) is 0 Å². The molecule has 2 amide bonds. The molecule has 0 saturated carbocycles. The number of ether oxygens (including phenoxy) is 2. The van der Waals surface area contributed by atoms with E-state index in [1.54, 1.807) is 18.7 Å². The number of nitrogens with one attached hydrogen (secondary N) is 3. The van der Waals surface area contributed by atoms with Gasteiger partial charge in [0.1, 0.15) is 21.9 Å². The molecule has 39 heavy (non-hydrogen) atoms. The number of halogens is 3. The Morgan fingerprint density at radius 1 is 1.23 bits per heavy atom. The Labute approximate surface area is 239 Å². The first-order chi connectivity index (χ1) is 18.7. The number of anilines is 1. The van der Waals surface area contributed by atoms with Gasteiger partial charge in [-0.05, 0) is 20.3 Å². The average Bonchev–Trinajstić information content (AvgIpc) is 3.48. The average molecular weight is 606 g/mol. The molecule has 2 fully saturated rings. The van der Waals surface area contributed by atoms with Crippen LogP contribution in [0.25, 0.3) is 0 Å². The number of piperidine rings is 1. The van der Waals surface area contributed by atoms with Crippen molar-refractivity contribution in [3.63, 3.8) is 0 Å². The molecule has 3 N–H and O–H groups in total. The van der Waals surface area contributed by atoms with Gasteiger partial charge in [0.25, 0.3) is 11.8 Å². The molecule has 2 atom stereocenters. The number of hydrogen-bond donors (Lipinski definition) is 3. The molecule has 0 unspecified atom stereocenters. The third-order valence-corrected chi connectivity index (χ3v) is 8.52. The first-order valence-electron chi connectivity index (χ1n) is 12.7. The summed E-state index contributed by atoms with van der Waals surface area (Å²) < 4.78 is 25.7. The van der Waals surface area contributed by atoms with E-state index in [2.05, 4.69) is 25.5 Å². The van der Waals surface area contributed by atoms with Gasteiger partial charge in [-0.25, -0.2) is 14.2 Å². The molecule has 2 aromatic heterocycles. The van der Waals surface area contributed by atoms with Crippen LogP contribution in [0.1, 0.15) is 49.6 Å². The van der Waals surface area contributed by atoms with Crippen molar-refractivity contribution in [1.82, 2.24) is 25.5 Å². The van der Waals surface area contributed by atoms with Crippen LogP contribution in [0, 0.1) is 6.92 Å². The Bertz CT molecular complexity index is 1200. The number of nitrogens with zero attached hydrogens (tertiary/aromatic N) is 3. The summed E-state index contributed by atoms with van der Waals surface area (Å²) in [5.74, 6) is -1.70. The largest absolute Gasteiger partial charge is 0.462 e. The molecule has 214 valence electrons. The van der Waals surface area contributed by atoms with E-state index in [0.29, 0.717) is 43.5 Å². The third-order valence-electron chi connectivity index (χ3n) is 6.58. The van der Waals surface area contributed by atoms with Crippen molar-refractivity contribution in [2.75, 3.05) is 64.0 Å². The second-order valence-electron chi connectivity index (χ2n) is 9.19. The Hall–Kier alpha value is -2.45. The van der Waals surface area contributed by atoms with E-state index in [9.17, 15) is 14.4 Å². The van der Waals surface area contributed by atoms with Crippen LogP contribution in [0.2, 0.25) is 10.2 Å². The van der Waals surface area contributed by atoms with E-state index in [1.165, 1.54) is 0 Å². The number of amides is 2. The highest BCUT2D eigenvalue weighted by Gasteiger charge is 2.34. The van der Waals surface area contributed by atoms with Crippen molar-refractivity contribution in [3.05, 3.63) is 32.0 Å². The zero-order valence-corrected chi connectivity index (χ0v) is 24.0. The highest BCUT2D eigenvalue weighted by Crippen LogP contribution is 2.31. The van der Waals surface area contributed by atoms with E-state index in [1.807, 2.05) is 0 Å². The number of morpholine rings is 1. The zero-order valence-electron chi connectivity index (χ0n) is 21.7. The van der Waals surface area contributed by atoms with Crippen LogP contribution in [0.15, 0.2) is 0 Å². The third kappa shape index (κ3) is 7.01. The van der Waals surface area contributed by atoms with E-state index in [-0.39, 0.29) is 46.0 Å². The van der Waals surface area contributed by atoms with Crippen molar-refractivity contribution in [2.24, 2.45) is 0 Å². The SMILES string of the molecule is CCOC(=O)c1sc(N2CC[C@@H](NC(=O)c3[nH]c(Cl)c(C)c3Cl)[C@@H](F)C2)nc1C(=O)NCCN1CCOCC1. The summed E-state index contributed by atoms with van der Waals surface area (Å²) in [4.78, 5) is 49.2. The van der Waals surface area contributed by atoms with Gasteiger partial charge in [0.05, 0.1) is 37.4 Å². The maximum Gasteiger partial charge on any atom is 0.350 e. The van der Waals surface area contributed by atoms with Crippen LogP contribution >= 0.6 is 34.5 Å². The molecule has 4 rings (SSSR count). The molecule has 0 aromatic carbocycles. The minimum atomic E-state index is -1.44. The highest BCUT2D eigenvalue weighted by atomic mass is 35.5. The summed E-state index contributed by atoms with van der Waals surface area (Å²) in [5, 5.41) is 6.26. The first-order valence-corrected chi connectivity index (χ1v) is 14.3. The molecule has 15 heteroatoms. The fraction of sp³-hybridized carbons (Fsp3) is 0.583. The molecule has 4 heterocycles. The van der Waals surface area contributed by atoms with Gasteiger partial charge >= 0.3 is 5.97 Å². The summed E-state index contributed by atoms with van der Waals surface area (Å²) in [6.45, 7) is 7.64. The van der Waals surface area contributed by atoms with Crippen LogP contribution < -0.4 is 15.5 Å². The van der Waals surface area contributed by atoms with Crippen molar-refractivity contribution in [1.29, 1.82) is 0 Å². The lowest BCUT2D eigenvalue weighted by Crippen LogP contribution is -2.52. The van der Waals surface area contributed by atoms with Gasteiger partial charge in [0, 0.05) is 38.3 Å². The summed E-state index contributed by atoms with van der Waals surface area (Å²) >= 11 is 13.2. The maximum absolute atomic E-state index is 15.2. The molecular weight excluding hydrogens is 574 g/mol. The number of H-pyrrole nitrogens is 1. The van der Waals surface area contributed by atoms with Crippen LogP contribution in [0.5, 0.6) is 0 Å². The molecule has 0 aliphatic carbocycles. The summed E-state index contributed by atoms with van der Waals surface area (Å²) in [6.07, 6.45) is -1.17. The predicted octanol–water partition coefficient (Wildman–Crippen LogP) is 2.67. The van der Waals surface area contributed by atoms with E-state index in [0.717, 1.165) is 24.4 Å². The van der Waals surface area contributed by atoms with Crippen molar-refractivity contribution < 1.29 is 28.2 Å². The monoisotopic (exact) mass is 604 g/mol. The number of carbonyl (C=O) groups excluding carboxylic acids is 3. The lowest BCUT2D eigenvalue weighted by atomic mass is 10.0. The molecule has 0 bridgehead atoms. The Balaban J connectivity index is 1.40. The second kappa shape index (κ2) is 13.3. The minimum absolute atomic E-state index is 0.0464. The Morgan fingerprint density at radius 2 is 1.97 bits per heavy atom. The normalized spacial score (nSPS) is 20.1. The zero-order chi connectivity index (χ0) is 28.1. The van der Waals surface area contributed by atoms with E-state index in [4.69, 9.17) is 32.7 Å². The fourth-order valence-electron chi connectivity index (χ4n) is 4.35. The number of rotatable bonds is 9. The molecule has 0 radical (unpaired) electrons. The molecule has 2 saturated heterocycles. The lowest BCUT2D eigenvalue weighted by Gasteiger charge is -2.34. The number of carbonyl (C=O) groups is 3. The highest BCUT2D eigenvalue weighted by molar-refractivity contribution is 7.17. The van der Waals surface area contributed by atoms with Gasteiger partial charge in [0.15, 0.2) is 10.8 Å². The molecule has 0 spiro atoms. The minimum Gasteiger partial charge on any atom is -0.462 e. The van der Waals surface area contributed by atoms with Gasteiger partial charge in [0.2, 0.25) is 0 Å². The van der Waals surface area contributed by atoms with Crippen molar-refractivity contribution in [2.45, 2.75) is 32.5 Å². The molecule has 2 aliphatic rings. The smallest absolute Gasteiger partial charge is 0.350 e. The summed E-state index contributed by atoms with van der Waals surface area (Å²) in [6, 6.07) is -0.764. The predicted molar refractivity (Wildman–Crippen MR) is 146 cm³/mol. The van der Waals surface area contributed by atoms with Crippen LogP contribution in [0.4, 0.5) is 9.52 Å². The fourth-order valence-corrected chi connectivity index (χ4v) is 5.81. The van der Waals surface area contributed by atoms with Crippen LogP contribution in [-0.2, 0) is 9.47 Å². The van der Waals surface area contributed by atoms with Crippen LogP contribution in [0.3, 0.4) is 0 Å². The molecule has 11 nitrogen and oxygen atoms in total. The number of esters is 1. The molecule has 2 aliphatic heterocycles. The van der Waals surface area contributed by atoms with Gasteiger partial charge in [-0.1, -0.05) is 34.5 Å². The Morgan fingerprint density at radius 3 is 2.62 bits per heavy atom. The second-order valence-corrected chi connectivity index (χ2v) is 10.9. The number of hydrogen-bond acceptors (Lipinski definition) is 9. The quantitative estimate of drug-likeness (QED) is 0.373. The van der Waals surface area contributed by atoms with Crippen molar-refractivity contribution >= 4 is 57.5 Å². The molecule has 2 aromatic rings. The first kappa shape index (κ1) is 29.5. The topological polar surface area (TPSA) is 129 Å². The van der Waals surface area contributed by atoms with Crippen LogP contribution in [-0.4, -0.2) is 104 Å². The number of thiazole rings is 1.